The van der Waals surface area contributed by atoms with E-state index in [0.29, 0.717) is 5.56 Å². The Kier molecular flexibility index (Phi) is 8.43. The van der Waals surface area contributed by atoms with Crippen molar-refractivity contribution in [3.05, 3.63) is 70.4 Å². The van der Waals surface area contributed by atoms with Crippen LogP contribution in [0.1, 0.15) is 5.56 Å². The van der Waals surface area contributed by atoms with E-state index in [4.69, 9.17) is 18.6 Å². The number of rotatable bonds is 7. The summed E-state index contributed by atoms with van der Waals surface area (Å²) in [5.41, 5.74) is -0.959. The maximum atomic E-state index is 12.9. The van der Waals surface area contributed by atoms with Gasteiger partial charge in [0.05, 0.1) is 0 Å². The van der Waals surface area contributed by atoms with Crippen molar-refractivity contribution in [1.29, 1.82) is 0 Å². The van der Waals surface area contributed by atoms with Gasteiger partial charge in [0.1, 0.15) is 47.7 Å². The van der Waals surface area contributed by atoms with Crippen LogP contribution in [0.5, 0.6) is 40.2 Å². The van der Waals surface area contributed by atoms with Gasteiger partial charge >= 0.3 is 5.97 Å². The van der Waals surface area contributed by atoms with Crippen LogP contribution in [-0.4, -0.2) is 89.2 Å². The number of carbonyl (C=O) groups is 1. The number of aromatic hydroxyl groups is 6. The molecule has 2 heterocycles. The van der Waals surface area contributed by atoms with Gasteiger partial charge in [-0.1, -0.05) is 6.07 Å². The summed E-state index contributed by atoms with van der Waals surface area (Å²) in [7, 11) is 0. The summed E-state index contributed by atoms with van der Waals surface area (Å²) < 4.78 is 21.6. The summed E-state index contributed by atoms with van der Waals surface area (Å²) in [6.45, 7) is -0.645. The molecular formula is C30H26O15. The minimum absolute atomic E-state index is 0.0993. The number of fused-ring (bicyclic) bond motifs is 1. The normalized spacial score (nSPS) is 21.6. The molecule has 9 N–H and O–H groups in total. The SMILES string of the molecule is O=C(C=Cc1ccc(O)c(O)c1)OCC1OC(Oc2cc3oc(-c4ccc(O)cc4)c(O)c(=O)c3c(O)c2O)C(O)C(O)C1O. The van der Waals surface area contributed by atoms with Gasteiger partial charge in [0.2, 0.25) is 23.2 Å². The molecule has 1 aliphatic heterocycles. The highest BCUT2D eigenvalue weighted by atomic mass is 16.7. The van der Waals surface area contributed by atoms with Gasteiger partial charge in [-0.3, -0.25) is 4.79 Å². The number of benzene rings is 3. The van der Waals surface area contributed by atoms with Crippen LogP contribution in [0.3, 0.4) is 0 Å². The third-order valence-electron chi connectivity index (χ3n) is 6.91. The first-order valence-electron chi connectivity index (χ1n) is 13.1. The Morgan fingerprint density at radius 1 is 0.822 bits per heavy atom. The van der Waals surface area contributed by atoms with Crippen molar-refractivity contribution in [2.45, 2.75) is 30.7 Å². The molecule has 5 unspecified atom stereocenters. The Balaban J connectivity index is 1.36. The number of hydrogen-bond acceptors (Lipinski definition) is 15. The molecule has 236 valence electrons. The Hall–Kier alpha value is -5.48. The smallest absolute Gasteiger partial charge is 0.330 e. The number of aliphatic hydroxyl groups excluding tert-OH is 3. The standard InChI is InChI=1S/C30H26O15/c31-14-5-3-13(4-6-14)29-27(40)25(38)21-17(43-29)10-18(22(35)24(21)37)44-30-28(41)26(39)23(36)19(45-30)11-42-20(34)8-2-12-1-7-15(32)16(33)9-12/h1-10,19,23,26,28,30-33,35-37,39-41H,11H2. The molecule has 1 aliphatic rings. The summed E-state index contributed by atoms with van der Waals surface area (Å²) in [6.07, 6.45) is -6.63. The van der Waals surface area contributed by atoms with Gasteiger partial charge < -0.3 is 64.6 Å². The van der Waals surface area contributed by atoms with Crippen molar-refractivity contribution in [2.75, 3.05) is 6.61 Å². The van der Waals surface area contributed by atoms with Crippen molar-refractivity contribution in [3.63, 3.8) is 0 Å². The summed E-state index contributed by atoms with van der Waals surface area (Å²) >= 11 is 0. The van der Waals surface area contributed by atoms with E-state index < -0.39 is 82.8 Å². The van der Waals surface area contributed by atoms with Crippen molar-refractivity contribution in [1.82, 2.24) is 0 Å². The number of ether oxygens (including phenoxy) is 3. The van der Waals surface area contributed by atoms with Gasteiger partial charge in [-0.2, -0.15) is 0 Å². The zero-order chi connectivity index (χ0) is 32.6. The summed E-state index contributed by atoms with van der Waals surface area (Å²) in [4.78, 5) is 25.1. The van der Waals surface area contributed by atoms with Crippen LogP contribution in [0.25, 0.3) is 28.4 Å². The van der Waals surface area contributed by atoms with E-state index in [1.807, 2.05) is 0 Å². The number of hydrogen-bond donors (Lipinski definition) is 9. The van der Waals surface area contributed by atoms with E-state index in [9.17, 15) is 55.5 Å². The average Bonchev–Trinajstić information content (AvgIpc) is 3.01. The minimum atomic E-state index is -1.93. The molecule has 4 aromatic rings. The minimum Gasteiger partial charge on any atom is -0.508 e. The van der Waals surface area contributed by atoms with Crippen LogP contribution in [0.4, 0.5) is 0 Å². The van der Waals surface area contributed by atoms with E-state index in [0.717, 1.165) is 12.1 Å². The van der Waals surface area contributed by atoms with Crippen molar-refractivity contribution >= 4 is 23.0 Å². The predicted molar refractivity (Wildman–Crippen MR) is 152 cm³/mol. The lowest BCUT2D eigenvalue weighted by Gasteiger charge is -2.39. The second-order valence-electron chi connectivity index (χ2n) is 9.94. The lowest BCUT2D eigenvalue weighted by molar-refractivity contribution is -0.278. The number of carbonyl (C=O) groups excluding carboxylic acids is 1. The first kappa shape index (κ1) is 31.0. The molecule has 0 bridgehead atoms. The molecule has 15 nitrogen and oxygen atoms in total. The molecule has 0 spiro atoms. The molecule has 5 rings (SSSR count). The maximum Gasteiger partial charge on any atom is 0.330 e. The van der Waals surface area contributed by atoms with E-state index in [-0.39, 0.29) is 28.4 Å². The Labute approximate surface area is 251 Å². The first-order valence-corrected chi connectivity index (χ1v) is 13.1. The van der Waals surface area contributed by atoms with Gasteiger partial charge in [-0.25, -0.2) is 4.79 Å². The Morgan fingerprint density at radius 3 is 2.22 bits per heavy atom. The molecule has 1 aromatic heterocycles. The largest absolute Gasteiger partial charge is 0.508 e. The summed E-state index contributed by atoms with van der Waals surface area (Å²) in [6, 6.07) is 9.99. The fraction of sp³-hybridized carbons (Fsp3) is 0.200. The van der Waals surface area contributed by atoms with Crippen LogP contribution >= 0.6 is 0 Å². The van der Waals surface area contributed by atoms with Gasteiger partial charge in [0, 0.05) is 17.7 Å². The maximum absolute atomic E-state index is 12.9. The van der Waals surface area contributed by atoms with Gasteiger partial charge in [0.25, 0.3) is 0 Å². The fourth-order valence-electron chi connectivity index (χ4n) is 4.49. The molecule has 3 aromatic carbocycles. The topological polar surface area (TPSA) is 257 Å². The van der Waals surface area contributed by atoms with Gasteiger partial charge in [-0.05, 0) is 48.0 Å². The van der Waals surface area contributed by atoms with E-state index in [1.54, 1.807) is 0 Å². The fourth-order valence-corrected chi connectivity index (χ4v) is 4.49. The highest BCUT2D eigenvalue weighted by molar-refractivity contribution is 5.91. The van der Waals surface area contributed by atoms with Crippen LogP contribution in [0, 0.1) is 0 Å². The van der Waals surface area contributed by atoms with Crippen LogP contribution in [-0.2, 0) is 14.3 Å². The van der Waals surface area contributed by atoms with Crippen LogP contribution in [0.2, 0.25) is 0 Å². The van der Waals surface area contributed by atoms with E-state index in [1.165, 1.54) is 48.5 Å². The monoisotopic (exact) mass is 626 g/mol. The van der Waals surface area contributed by atoms with E-state index in [2.05, 4.69) is 0 Å². The van der Waals surface area contributed by atoms with Crippen molar-refractivity contribution in [3.8, 4) is 51.6 Å². The molecule has 1 fully saturated rings. The lowest BCUT2D eigenvalue weighted by atomic mass is 9.99. The molecule has 15 heteroatoms. The second kappa shape index (κ2) is 12.3. The molecule has 0 aliphatic carbocycles. The zero-order valence-corrected chi connectivity index (χ0v) is 22.8. The number of esters is 1. The number of phenols is 5. The first-order chi connectivity index (χ1) is 21.3. The predicted octanol–water partition coefficient (Wildman–Crippen LogP) is 1.14. The highest BCUT2D eigenvalue weighted by Gasteiger charge is 2.46. The molecular weight excluding hydrogens is 600 g/mol. The summed E-state index contributed by atoms with van der Waals surface area (Å²) in [5, 5.41) is 90.7. The molecule has 45 heavy (non-hydrogen) atoms. The average molecular weight is 627 g/mol. The molecule has 1 saturated heterocycles. The third-order valence-corrected chi connectivity index (χ3v) is 6.91. The van der Waals surface area contributed by atoms with Crippen LogP contribution in [0.15, 0.2) is 63.8 Å². The molecule has 0 saturated carbocycles. The molecule has 0 radical (unpaired) electrons. The summed E-state index contributed by atoms with van der Waals surface area (Å²) in [5.74, 6) is -5.69. The zero-order valence-electron chi connectivity index (χ0n) is 22.8. The number of aliphatic hydroxyl groups is 3. The number of phenolic OH excluding ortho intramolecular Hbond substituents is 5. The molecule has 0 amide bonds. The van der Waals surface area contributed by atoms with Crippen LogP contribution < -0.4 is 10.2 Å². The molecule has 5 atom stereocenters. The van der Waals surface area contributed by atoms with Crippen molar-refractivity contribution in [2.24, 2.45) is 0 Å². The highest BCUT2D eigenvalue weighted by Crippen LogP contribution is 2.44. The lowest BCUT2D eigenvalue weighted by Crippen LogP contribution is -2.60. The van der Waals surface area contributed by atoms with E-state index >= 15 is 0 Å². The Bertz CT molecular complexity index is 1830. The second-order valence-corrected chi connectivity index (χ2v) is 9.94. The van der Waals surface area contributed by atoms with Gasteiger partial charge in [0.15, 0.2) is 28.8 Å². The third kappa shape index (κ3) is 6.13. The van der Waals surface area contributed by atoms with Crippen molar-refractivity contribution < 1.29 is 69.4 Å². The Morgan fingerprint density at radius 2 is 1.53 bits per heavy atom. The quantitative estimate of drug-likeness (QED) is 0.0791. The van der Waals surface area contributed by atoms with Gasteiger partial charge in [-0.15, -0.1) is 0 Å².